The van der Waals surface area contributed by atoms with E-state index in [4.69, 9.17) is 9.47 Å². The van der Waals surface area contributed by atoms with E-state index in [1.165, 1.54) is 6.92 Å². The van der Waals surface area contributed by atoms with Gasteiger partial charge < -0.3 is 39.8 Å². The van der Waals surface area contributed by atoms with Crippen molar-refractivity contribution in [1.29, 1.82) is 0 Å². The number of alkyl carbamates (subject to hydrolysis) is 3. The summed E-state index contributed by atoms with van der Waals surface area (Å²) in [7, 11) is 9.91. The molecule has 0 aliphatic rings. The quantitative estimate of drug-likeness (QED) is 0.0546. The number of nitrogens with one attached hydrogen (secondary N) is 4. The molecule has 0 aliphatic heterocycles. The molecular weight excluding hydrogens is 484 g/mol. The minimum Gasteiger partial charge on any atom is -0.463 e. The van der Waals surface area contributed by atoms with E-state index >= 15 is 0 Å². The van der Waals surface area contributed by atoms with Gasteiger partial charge in [-0.1, -0.05) is 0 Å². The van der Waals surface area contributed by atoms with Gasteiger partial charge in [0, 0.05) is 6.92 Å². The van der Waals surface area contributed by atoms with Crippen molar-refractivity contribution in [3.63, 3.8) is 0 Å². The summed E-state index contributed by atoms with van der Waals surface area (Å²) in [6, 6.07) is 0. The van der Waals surface area contributed by atoms with Crippen LogP contribution in [-0.2, 0) is 23.7 Å². The van der Waals surface area contributed by atoms with Crippen molar-refractivity contribution < 1.29 is 57.3 Å². The smallest absolute Gasteiger partial charge is 0.411 e. The highest BCUT2D eigenvalue weighted by atomic mass is 16.6. The molecule has 210 valence electrons. The summed E-state index contributed by atoms with van der Waals surface area (Å²) in [5.74, 6) is -0.584. The largest absolute Gasteiger partial charge is 0.463 e. The third kappa shape index (κ3) is 18.4. The molecule has 0 aromatic rings. The number of amides is 3. The van der Waals surface area contributed by atoms with E-state index < -0.39 is 56.3 Å². The topological polar surface area (TPSA) is 194 Å². The van der Waals surface area contributed by atoms with Crippen LogP contribution in [0.3, 0.4) is 0 Å². The van der Waals surface area contributed by atoms with Crippen LogP contribution in [0.2, 0.25) is 0 Å². The van der Waals surface area contributed by atoms with Crippen molar-refractivity contribution in [3.8, 4) is 0 Å². The normalized spacial score (nSPS) is 13.1. The van der Waals surface area contributed by atoms with E-state index in [-0.39, 0.29) is 13.3 Å². The Hall–Kier alpha value is -2.92. The molecule has 0 radical (unpaired) electrons. The summed E-state index contributed by atoms with van der Waals surface area (Å²) < 4.78 is 20.1. The van der Waals surface area contributed by atoms with Crippen LogP contribution in [0.1, 0.15) is 6.92 Å². The van der Waals surface area contributed by atoms with Crippen molar-refractivity contribution in [2.24, 2.45) is 0 Å². The molecular formula is C20H42N6O10+2. The second kappa shape index (κ2) is 16.7. The van der Waals surface area contributed by atoms with Crippen LogP contribution in [0.5, 0.6) is 0 Å². The van der Waals surface area contributed by atoms with Gasteiger partial charge in [0.25, 0.3) is 0 Å². The number of esters is 1. The van der Waals surface area contributed by atoms with E-state index in [0.717, 1.165) is 13.3 Å². The van der Waals surface area contributed by atoms with Gasteiger partial charge >= 0.3 is 24.2 Å². The SMILES string of the molecule is CNC[N+](C)(C)C[N+](C)(C)CNC(=O)OCC(O)COC(=O)NCNC(=O)OCC(O)COC(C)=O. The maximum absolute atomic E-state index is 11.9. The van der Waals surface area contributed by atoms with Gasteiger partial charge in [-0.25, -0.2) is 14.4 Å². The van der Waals surface area contributed by atoms with Crippen molar-refractivity contribution in [2.45, 2.75) is 19.1 Å². The zero-order valence-corrected chi connectivity index (χ0v) is 21.9. The monoisotopic (exact) mass is 526 g/mol. The molecule has 0 saturated carbocycles. The number of rotatable bonds is 16. The fourth-order valence-corrected chi connectivity index (χ4v) is 3.01. The Balaban J connectivity index is 4.00. The molecule has 6 N–H and O–H groups in total. The summed E-state index contributed by atoms with van der Waals surface area (Å²) in [6.07, 6.45) is -5.06. The van der Waals surface area contributed by atoms with E-state index in [9.17, 15) is 29.4 Å². The van der Waals surface area contributed by atoms with Gasteiger partial charge in [0.2, 0.25) is 6.67 Å². The fourth-order valence-electron chi connectivity index (χ4n) is 3.01. The van der Waals surface area contributed by atoms with E-state index in [1.54, 1.807) is 0 Å². The molecule has 0 heterocycles. The predicted octanol–water partition coefficient (Wildman–Crippen LogP) is -2.35. The Bertz CT molecular complexity index is 706. The maximum atomic E-state index is 11.9. The van der Waals surface area contributed by atoms with E-state index in [0.29, 0.717) is 15.6 Å². The second-order valence-corrected chi connectivity index (χ2v) is 9.30. The number of carbonyl (C=O) groups is 4. The Morgan fingerprint density at radius 1 is 0.694 bits per heavy atom. The predicted molar refractivity (Wildman–Crippen MR) is 125 cm³/mol. The molecule has 0 aliphatic carbocycles. The van der Waals surface area contributed by atoms with Crippen LogP contribution in [-0.4, -0.2) is 144 Å². The lowest BCUT2D eigenvalue weighted by molar-refractivity contribution is -1.07. The van der Waals surface area contributed by atoms with Crippen molar-refractivity contribution in [3.05, 3.63) is 0 Å². The zero-order valence-electron chi connectivity index (χ0n) is 21.9. The number of hydrogen-bond donors (Lipinski definition) is 6. The number of ether oxygens (including phenoxy) is 4. The second-order valence-electron chi connectivity index (χ2n) is 9.30. The van der Waals surface area contributed by atoms with Gasteiger partial charge in [0.05, 0.1) is 34.9 Å². The molecule has 16 nitrogen and oxygen atoms in total. The maximum Gasteiger partial charge on any atom is 0.411 e. The van der Waals surface area contributed by atoms with Gasteiger partial charge in [0.1, 0.15) is 45.3 Å². The van der Waals surface area contributed by atoms with Gasteiger partial charge in [-0.05, 0) is 7.05 Å². The first-order valence-corrected chi connectivity index (χ1v) is 11.2. The molecule has 3 amide bonds. The lowest BCUT2D eigenvalue weighted by atomic mass is 10.4. The number of hydrogen-bond acceptors (Lipinski definition) is 11. The van der Waals surface area contributed by atoms with Crippen LogP contribution >= 0.6 is 0 Å². The first-order valence-electron chi connectivity index (χ1n) is 11.2. The molecule has 0 fully saturated rings. The summed E-state index contributed by atoms with van der Waals surface area (Å²) in [6.45, 7) is 1.01. The van der Waals surface area contributed by atoms with E-state index in [2.05, 4.69) is 44.8 Å². The number of quaternary nitrogens is 2. The summed E-state index contributed by atoms with van der Waals surface area (Å²) >= 11 is 0. The average molecular weight is 527 g/mol. The van der Waals surface area contributed by atoms with Crippen LogP contribution in [0, 0.1) is 0 Å². The molecule has 36 heavy (non-hydrogen) atoms. The summed E-state index contributed by atoms with van der Waals surface area (Å²) in [5, 5.41) is 29.4. The average Bonchev–Trinajstić information content (AvgIpc) is 2.76. The van der Waals surface area contributed by atoms with Crippen molar-refractivity contribution >= 4 is 24.2 Å². The van der Waals surface area contributed by atoms with Crippen LogP contribution in [0.15, 0.2) is 0 Å². The third-order valence-corrected chi connectivity index (χ3v) is 4.17. The number of nitrogens with zero attached hydrogens (tertiary/aromatic N) is 2. The first-order chi connectivity index (χ1) is 16.7. The molecule has 2 unspecified atom stereocenters. The zero-order chi connectivity index (χ0) is 27.8. The molecule has 16 heteroatoms. The minimum absolute atomic E-state index is 0.305. The Morgan fingerprint density at radius 3 is 1.50 bits per heavy atom. The van der Waals surface area contributed by atoms with Gasteiger partial charge in [0.15, 0.2) is 6.67 Å². The molecule has 0 rings (SSSR count). The molecule has 0 aromatic carbocycles. The number of aliphatic hydroxyl groups is 2. The lowest BCUT2D eigenvalue weighted by Crippen LogP contribution is -2.60. The van der Waals surface area contributed by atoms with Gasteiger partial charge in [-0.3, -0.25) is 24.4 Å². The van der Waals surface area contributed by atoms with Crippen molar-refractivity contribution in [2.75, 3.05) is 88.3 Å². The molecule has 0 saturated heterocycles. The van der Waals surface area contributed by atoms with Crippen LogP contribution < -0.4 is 21.3 Å². The van der Waals surface area contributed by atoms with Crippen molar-refractivity contribution in [1.82, 2.24) is 21.3 Å². The van der Waals surface area contributed by atoms with E-state index in [1.807, 2.05) is 21.1 Å². The Morgan fingerprint density at radius 2 is 1.08 bits per heavy atom. The highest BCUT2D eigenvalue weighted by Gasteiger charge is 2.27. The first kappa shape index (κ1) is 33.1. The summed E-state index contributed by atoms with van der Waals surface area (Å²) in [4.78, 5) is 45.6. The third-order valence-electron chi connectivity index (χ3n) is 4.17. The van der Waals surface area contributed by atoms with Crippen LogP contribution in [0.4, 0.5) is 14.4 Å². The fraction of sp³-hybridized carbons (Fsp3) is 0.800. The summed E-state index contributed by atoms with van der Waals surface area (Å²) in [5.41, 5.74) is 0. The molecule has 0 spiro atoms. The molecule has 0 aromatic heterocycles. The van der Waals surface area contributed by atoms with Crippen LogP contribution in [0.25, 0.3) is 0 Å². The molecule has 2 atom stereocenters. The Labute approximate surface area is 211 Å². The Kier molecular flexibility index (Phi) is 15.3. The van der Waals surface area contributed by atoms with Gasteiger partial charge in [-0.2, -0.15) is 0 Å². The van der Waals surface area contributed by atoms with Gasteiger partial charge in [-0.15, -0.1) is 0 Å². The standard InChI is InChI=1S/C20H40N6O10/c1-15(27)33-7-16(28)8-34-18(30)22-11-23-19(31)35-9-17(29)10-36-20(32)24-13-26(5,6)14-25(3,4)12-21-2/h16-17,21,28-29H,7-14H2,1-6H3,(H-2,22,23,24,30,31,32)/p+2. The minimum atomic E-state index is -1.26. The highest BCUT2D eigenvalue weighted by molar-refractivity contribution is 5.70. The number of carbonyl (C=O) groups excluding carboxylic acids is 4. The highest BCUT2D eigenvalue weighted by Crippen LogP contribution is 2.04. The number of aliphatic hydroxyl groups excluding tert-OH is 2. The lowest BCUT2D eigenvalue weighted by Gasteiger charge is -2.38. The molecule has 0 bridgehead atoms.